The van der Waals surface area contributed by atoms with Crippen molar-refractivity contribution in [3.63, 3.8) is 0 Å². The lowest BCUT2D eigenvalue weighted by Gasteiger charge is -2.09. The third-order valence-electron chi connectivity index (χ3n) is 2.38. The molecule has 0 amide bonds. The molecule has 0 spiro atoms. The third-order valence-corrected chi connectivity index (χ3v) is 4.80. The number of halogens is 2. The predicted molar refractivity (Wildman–Crippen MR) is 71.7 cm³/mol. The zero-order valence-corrected chi connectivity index (χ0v) is 12.4. The molecule has 0 fully saturated rings. The largest absolute Gasteiger partial charge is 0.396 e. The first kappa shape index (κ1) is 14.9. The maximum Gasteiger partial charge on any atom is 0.241 e. The summed E-state index contributed by atoms with van der Waals surface area (Å²) in [5.74, 6) is -0.382. The molecular formula is C10H10BrFN4O3S. The summed E-state index contributed by atoms with van der Waals surface area (Å²) < 4.78 is 44.5. The van der Waals surface area contributed by atoms with E-state index in [0.29, 0.717) is 5.89 Å². The van der Waals surface area contributed by atoms with E-state index in [1.165, 1.54) is 6.33 Å². The molecule has 0 atom stereocenters. The standard InChI is InChI=1S/C10H10BrFN4O3S/c11-6-3-7(12)8(13)4-9(6)20(17,18)16-2-1-10-14-5-15-19-10/h3-5,16H,1-2,13H2. The van der Waals surface area contributed by atoms with Crippen molar-refractivity contribution in [2.75, 3.05) is 12.3 Å². The van der Waals surface area contributed by atoms with E-state index < -0.39 is 15.8 Å². The number of hydrogen-bond acceptors (Lipinski definition) is 6. The minimum atomic E-state index is -3.82. The molecule has 1 aromatic carbocycles. The van der Waals surface area contributed by atoms with Crippen LogP contribution in [0.2, 0.25) is 0 Å². The number of nitrogens with zero attached hydrogens (tertiary/aromatic N) is 2. The SMILES string of the molecule is Nc1cc(S(=O)(=O)NCCc2ncno2)c(Br)cc1F. The van der Waals surface area contributed by atoms with Gasteiger partial charge >= 0.3 is 0 Å². The Morgan fingerprint density at radius 1 is 1.45 bits per heavy atom. The van der Waals surface area contributed by atoms with Crippen LogP contribution in [0.3, 0.4) is 0 Å². The van der Waals surface area contributed by atoms with Gasteiger partial charge in [-0.2, -0.15) is 4.98 Å². The van der Waals surface area contributed by atoms with Crippen LogP contribution in [0.1, 0.15) is 5.89 Å². The van der Waals surface area contributed by atoms with Gasteiger partial charge in [-0.05, 0) is 28.1 Å². The van der Waals surface area contributed by atoms with E-state index in [1.54, 1.807) is 0 Å². The summed E-state index contributed by atoms with van der Waals surface area (Å²) in [5, 5.41) is 3.40. The molecule has 1 heterocycles. The fourth-order valence-electron chi connectivity index (χ4n) is 1.43. The number of nitrogen functional groups attached to an aromatic ring is 1. The van der Waals surface area contributed by atoms with E-state index in [4.69, 9.17) is 10.3 Å². The number of nitrogens with one attached hydrogen (secondary N) is 1. The van der Waals surface area contributed by atoms with Crippen molar-refractivity contribution >= 4 is 31.6 Å². The summed E-state index contributed by atoms with van der Waals surface area (Å²) in [7, 11) is -3.82. The first-order valence-electron chi connectivity index (χ1n) is 5.40. The van der Waals surface area contributed by atoms with Crippen molar-refractivity contribution in [3.8, 4) is 0 Å². The number of nitrogens with two attached hydrogens (primary N) is 1. The highest BCUT2D eigenvalue weighted by molar-refractivity contribution is 9.10. The molecule has 7 nitrogen and oxygen atoms in total. The van der Waals surface area contributed by atoms with Gasteiger partial charge in [-0.3, -0.25) is 0 Å². The monoisotopic (exact) mass is 364 g/mol. The maximum absolute atomic E-state index is 13.2. The van der Waals surface area contributed by atoms with Crippen LogP contribution in [0, 0.1) is 5.82 Å². The maximum atomic E-state index is 13.2. The van der Waals surface area contributed by atoms with Gasteiger partial charge in [-0.25, -0.2) is 17.5 Å². The molecule has 0 aliphatic heterocycles. The van der Waals surface area contributed by atoms with Gasteiger partial charge in [0.1, 0.15) is 5.82 Å². The van der Waals surface area contributed by atoms with Crippen LogP contribution >= 0.6 is 15.9 Å². The van der Waals surface area contributed by atoms with Gasteiger partial charge in [0.25, 0.3) is 0 Å². The molecule has 108 valence electrons. The van der Waals surface area contributed by atoms with Gasteiger partial charge in [0, 0.05) is 17.4 Å². The van der Waals surface area contributed by atoms with Crippen LogP contribution in [0.4, 0.5) is 10.1 Å². The lowest BCUT2D eigenvalue weighted by Crippen LogP contribution is -2.26. The number of benzene rings is 1. The minimum Gasteiger partial charge on any atom is -0.396 e. The quantitative estimate of drug-likeness (QED) is 0.767. The predicted octanol–water partition coefficient (Wildman–Crippen LogP) is 1.07. The van der Waals surface area contributed by atoms with Crippen LogP contribution < -0.4 is 10.5 Å². The molecule has 2 aromatic rings. The van der Waals surface area contributed by atoms with Crippen LogP contribution in [0.25, 0.3) is 0 Å². The first-order valence-corrected chi connectivity index (χ1v) is 7.67. The number of aromatic nitrogens is 2. The first-order chi connectivity index (χ1) is 9.40. The topological polar surface area (TPSA) is 111 Å². The Bertz CT molecular complexity index is 706. The van der Waals surface area contributed by atoms with E-state index >= 15 is 0 Å². The molecule has 0 radical (unpaired) electrons. The number of rotatable bonds is 5. The molecule has 0 saturated carbocycles. The molecule has 1 aromatic heterocycles. The Kier molecular flexibility index (Phi) is 4.35. The smallest absolute Gasteiger partial charge is 0.241 e. The van der Waals surface area contributed by atoms with Crippen molar-refractivity contribution in [3.05, 3.63) is 34.6 Å². The van der Waals surface area contributed by atoms with Gasteiger partial charge in [0.05, 0.1) is 10.6 Å². The molecule has 0 saturated heterocycles. The number of anilines is 1. The second kappa shape index (κ2) is 5.85. The summed E-state index contributed by atoms with van der Waals surface area (Å²) in [6.07, 6.45) is 1.47. The highest BCUT2D eigenvalue weighted by Gasteiger charge is 2.19. The zero-order valence-electron chi connectivity index (χ0n) is 10.0. The molecule has 0 unspecified atom stereocenters. The average Bonchev–Trinajstić information content (AvgIpc) is 2.86. The fraction of sp³-hybridized carbons (Fsp3) is 0.200. The van der Waals surface area contributed by atoms with Gasteiger partial charge in [0.15, 0.2) is 6.33 Å². The zero-order chi connectivity index (χ0) is 14.8. The van der Waals surface area contributed by atoms with Gasteiger partial charge < -0.3 is 10.3 Å². The van der Waals surface area contributed by atoms with Gasteiger partial charge in [-0.15, -0.1) is 0 Å². The lowest BCUT2D eigenvalue weighted by molar-refractivity contribution is 0.377. The highest BCUT2D eigenvalue weighted by Crippen LogP contribution is 2.26. The average molecular weight is 365 g/mol. The van der Waals surface area contributed by atoms with Crippen molar-refractivity contribution in [1.29, 1.82) is 0 Å². The Balaban J connectivity index is 2.12. The molecular weight excluding hydrogens is 355 g/mol. The fourth-order valence-corrected chi connectivity index (χ4v) is 3.51. The third kappa shape index (κ3) is 3.32. The normalized spacial score (nSPS) is 11.7. The molecule has 2 rings (SSSR count). The summed E-state index contributed by atoms with van der Waals surface area (Å²) >= 11 is 2.99. The molecule has 3 N–H and O–H groups in total. The van der Waals surface area contributed by atoms with E-state index in [-0.39, 0.29) is 28.0 Å². The molecule has 20 heavy (non-hydrogen) atoms. The van der Waals surface area contributed by atoms with Crippen LogP contribution in [-0.4, -0.2) is 25.1 Å². The second-order valence-electron chi connectivity index (χ2n) is 3.79. The van der Waals surface area contributed by atoms with E-state index in [0.717, 1.165) is 12.1 Å². The van der Waals surface area contributed by atoms with Gasteiger partial charge in [-0.1, -0.05) is 5.16 Å². The Morgan fingerprint density at radius 3 is 2.85 bits per heavy atom. The summed E-state index contributed by atoms with van der Waals surface area (Å²) in [6, 6.07) is 2.05. The Morgan fingerprint density at radius 2 is 2.20 bits per heavy atom. The Labute approximate surface area is 122 Å². The van der Waals surface area contributed by atoms with Crippen molar-refractivity contribution in [2.24, 2.45) is 0 Å². The van der Waals surface area contributed by atoms with Crippen molar-refractivity contribution in [2.45, 2.75) is 11.3 Å². The molecule has 10 heteroatoms. The highest BCUT2D eigenvalue weighted by atomic mass is 79.9. The van der Waals surface area contributed by atoms with Crippen LogP contribution in [0.5, 0.6) is 0 Å². The molecule has 0 bridgehead atoms. The summed E-state index contributed by atoms with van der Waals surface area (Å²) in [6.45, 7) is 0.0637. The van der Waals surface area contributed by atoms with Crippen molar-refractivity contribution < 1.29 is 17.3 Å². The Hall–Kier alpha value is -1.52. The lowest BCUT2D eigenvalue weighted by atomic mass is 10.3. The summed E-state index contributed by atoms with van der Waals surface area (Å²) in [5.41, 5.74) is 5.13. The number of hydrogen-bond donors (Lipinski definition) is 2. The minimum absolute atomic E-state index is 0.0637. The van der Waals surface area contributed by atoms with Gasteiger partial charge in [0.2, 0.25) is 15.9 Å². The van der Waals surface area contributed by atoms with E-state index in [9.17, 15) is 12.8 Å². The summed E-state index contributed by atoms with van der Waals surface area (Å²) in [4.78, 5) is 3.62. The van der Waals surface area contributed by atoms with Crippen LogP contribution in [-0.2, 0) is 16.4 Å². The van der Waals surface area contributed by atoms with E-state index in [2.05, 4.69) is 30.8 Å². The molecule has 0 aliphatic carbocycles. The van der Waals surface area contributed by atoms with E-state index in [1.807, 2.05) is 0 Å². The van der Waals surface area contributed by atoms with Crippen molar-refractivity contribution in [1.82, 2.24) is 14.9 Å². The van der Waals surface area contributed by atoms with Crippen LogP contribution in [0.15, 0.2) is 32.4 Å². The second-order valence-corrected chi connectivity index (χ2v) is 6.38. The molecule has 0 aliphatic rings. The number of sulfonamides is 1.